The summed E-state index contributed by atoms with van der Waals surface area (Å²) in [7, 11) is 1.71. The van der Waals surface area contributed by atoms with Gasteiger partial charge in [-0.3, -0.25) is 14.5 Å². The average molecular weight is 408 g/mol. The molecule has 5 nitrogen and oxygen atoms in total. The Labute approximate surface area is 169 Å². The highest BCUT2D eigenvalue weighted by atomic mass is 35.5. The van der Waals surface area contributed by atoms with Crippen LogP contribution >= 0.6 is 23.2 Å². The number of nitrogens with zero attached hydrogens (tertiary/aromatic N) is 1. The van der Waals surface area contributed by atoms with Crippen LogP contribution in [0.25, 0.3) is 0 Å². The molecule has 0 aliphatic rings. The van der Waals surface area contributed by atoms with Crippen LogP contribution < -0.4 is 10.6 Å². The molecule has 0 aliphatic heterocycles. The monoisotopic (exact) mass is 407 g/mol. The van der Waals surface area contributed by atoms with Crippen LogP contribution in [0.5, 0.6) is 0 Å². The van der Waals surface area contributed by atoms with E-state index in [0.29, 0.717) is 10.7 Å². The van der Waals surface area contributed by atoms with Crippen molar-refractivity contribution in [3.8, 4) is 0 Å². The lowest BCUT2D eigenvalue weighted by Crippen LogP contribution is -2.43. The van der Waals surface area contributed by atoms with Gasteiger partial charge in [-0.25, -0.2) is 0 Å². The molecule has 2 rings (SSSR count). The van der Waals surface area contributed by atoms with Crippen LogP contribution in [0, 0.1) is 13.8 Å². The highest BCUT2D eigenvalue weighted by Gasteiger charge is 2.21. The topological polar surface area (TPSA) is 61.4 Å². The van der Waals surface area contributed by atoms with Crippen LogP contribution in [0.4, 0.5) is 11.4 Å². The number of rotatable bonds is 6. The lowest BCUT2D eigenvalue weighted by molar-refractivity contribution is -0.122. The van der Waals surface area contributed by atoms with E-state index in [4.69, 9.17) is 23.2 Å². The van der Waals surface area contributed by atoms with E-state index in [0.717, 1.165) is 16.8 Å². The molecule has 0 saturated heterocycles. The minimum absolute atomic E-state index is 0.0746. The van der Waals surface area contributed by atoms with E-state index in [2.05, 4.69) is 10.6 Å². The number of benzene rings is 2. The predicted octanol–water partition coefficient (Wildman–Crippen LogP) is 4.51. The molecule has 0 fully saturated rings. The van der Waals surface area contributed by atoms with Crippen molar-refractivity contribution >= 4 is 46.4 Å². The van der Waals surface area contributed by atoms with Gasteiger partial charge in [-0.15, -0.1) is 0 Å². The molecule has 0 spiro atoms. The number of amides is 2. The highest BCUT2D eigenvalue weighted by molar-refractivity contribution is 6.44. The van der Waals surface area contributed by atoms with Gasteiger partial charge in [0, 0.05) is 5.69 Å². The van der Waals surface area contributed by atoms with Crippen LogP contribution in [0.2, 0.25) is 10.0 Å². The van der Waals surface area contributed by atoms with Crippen molar-refractivity contribution in [1.29, 1.82) is 0 Å². The van der Waals surface area contributed by atoms with E-state index in [9.17, 15) is 9.59 Å². The summed E-state index contributed by atoms with van der Waals surface area (Å²) in [6.45, 7) is 5.74. The number of aryl methyl sites for hydroxylation is 1. The number of anilines is 2. The van der Waals surface area contributed by atoms with E-state index < -0.39 is 6.04 Å². The van der Waals surface area contributed by atoms with E-state index in [1.165, 1.54) is 0 Å². The van der Waals surface area contributed by atoms with Crippen LogP contribution in [-0.2, 0) is 9.59 Å². The third-order valence-electron chi connectivity index (χ3n) is 4.52. The Hall–Kier alpha value is -2.08. The second-order valence-corrected chi connectivity index (χ2v) is 7.26. The zero-order chi connectivity index (χ0) is 20.1. The van der Waals surface area contributed by atoms with Gasteiger partial charge in [0.05, 0.1) is 28.3 Å². The maximum absolute atomic E-state index is 12.5. The van der Waals surface area contributed by atoms with Gasteiger partial charge >= 0.3 is 0 Å². The molecule has 0 radical (unpaired) electrons. The Balaban J connectivity index is 1.96. The number of nitrogens with one attached hydrogen (secondary N) is 2. The van der Waals surface area contributed by atoms with E-state index in [1.54, 1.807) is 37.1 Å². The Morgan fingerprint density at radius 3 is 2.37 bits per heavy atom. The number of likely N-dealkylation sites (N-methyl/N-ethyl adjacent to an activating group) is 1. The van der Waals surface area contributed by atoms with Crippen LogP contribution in [-0.4, -0.2) is 36.3 Å². The predicted molar refractivity (Wildman–Crippen MR) is 112 cm³/mol. The van der Waals surface area contributed by atoms with Crippen molar-refractivity contribution in [2.24, 2.45) is 0 Å². The molecule has 0 unspecified atom stereocenters. The second-order valence-electron chi connectivity index (χ2n) is 6.48. The van der Waals surface area contributed by atoms with Crippen LogP contribution in [0.1, 0.15) is 18.1 Å². The van der Waals surface area contributed by atoms with E-state index in [1.807, 2.05) is 32.0 Å². The fourth-order valence-corrected chi connectivity index (χ4v) is 2.83. The summed E-state index contributed by atoms with van der Waals surface area (Å²) in [5.41, 5.74) is 3.34. The molecule has 27 heavy (non-hydrogen) atoms. The number of carbonyl (C=O) groups is 2. The van der Waals surface area contributed by atoms with Gasteiger partial charge in [-0.1, -0.05) is 41.4 Å². The molecular formula is C20H23Cl2N3O2. The fraction of sp³-hybridized carbons (Fsp3) is 0.300. The SMILES string of the molecule is Cc1cccc(NC(=O)CN(C)[C@@H](C)C(=O)Nc2cccc(Cl)c2Cl)c1C. The van der Waals surface area contributed by atoms with E-state index in [-0.39, 0.29) is 23.4 Å². The van der Waals surface area contributed by atoms with Crippen LogP contribution in [0.15, 0.2) is 36.4 Å². The molecule has 2 aromatic carbocycles. The molecule has 0 bridgehead atoms. The summed E-state index contributed by atoms with van der Waals surface area (Å²) < 4.78 is 0. The maximum Gasteiger partial charge on any atom is 0.241 e. The molecule has 144 valence electrons. The molecule has 0 aliphatic carbocycles. The Morgan fingerprint density at radius 2 is 1.67 bits per heavy atom. The van der Waals surface area contributed by atoms with Crippen molar-refractivity contribution in [3.63, 3.8) is 0 Å². The number of hydrogen-bond acceptors (Lipinski definition) is 3. The van der Waals surface area contributed by atoms with Crippen molar-refractivity contribution in [2.75, 3.05) is 24.2 Å². The van der Waals surface area contributed by atoms with Crippen molar-refractivity contribution in [1.82, 2.24) is 4.90 Å². The molecular weight excluding hydrogens is 385 g/mol. The summed E-state index contributed by atoms with van der Waals surface area (Å²) >= 11 is 12.1. The van der Waals surface area contributed by atoms with Crippen LogP contribution in [0.3, 0.4) is 0 Å². The Bertz CT molecular complexity index is 855. The number of hydrogen-bond donors (Lipinski definition) is 2. The maximum atomic E-state index is 12.5. The van der Waals surface area contributed by atoms with Gasteiger partial charge < -0.3 is 10.6 Å². The third kappa shape index (κ3) is 5.45. The largest absolute Gasteiger partial charge is 0.325 e. The average Bonchev–Trinajstić information content (AvgIpc) is 2.62. The number of carbonyl (C=O) groups excluding carboxylic acids is 2. The van der Waals surface area contributed by atoms with E-state index >= 15 is 0 Å². The molecule has 0 heterocycles. The normalized spacial score (nSPS) is 12.0. The van der Waals surface area contributed by atoms with Crippen molar-refractivity contribution in [3.05, 3.63) is 57.6 Å². The Morgan fingerprint density at radius 1 is 1.04 bits per heavy atom. The minimum atomic E-state index is -0.538. The quantitative estimate of drug-likeness (QED) is 0.740. The molecule has 7 heteroatoms. The zero-order valence-electron chi connectivity index (χ0n) is 15.8. The third-order valence-corrected chi connectivity index (χ3v) is 5.34. The summed E-state index contributed by atoms with van der Waals surface area (Å²) in [5, 5.41) is 6.28. The smallest absolute Gasteiger partial charge is 0.241 e. The zero-order valence-corrected chi connectivity index (χ0v) is 17.3. The first-order valence-corrected chi connectivity index (χ1v) is 9.27. The lowest BCUT2D eigenvalue weighted by atomic mass is 10.1. The van der Waals surface area contributed by atoms with Gasteiger partial charge in [0.2, 0.25) is 11.8 Å². The van der Waals surface area contributed by atoms with Gasteiger partial charge in [-0.05, 0) is 57.1 Å². The molecule has 2 amide bonds. The molecule has 0 aromatic heterocycles. The summed E-state index contributed by atoms with van der Waals surface area (Å²) in [6.07, 6.45) is 0. The first-order chi connectivity index (χ1) is 12.7. The molecule has 2 N–H and O–H groups in total. The Kier molecular flexibility index (Phi) is 7.25. The highest BCUT2D eigenvalue weighted by Crippen LogP contribution is 2.29. The van der Waals surface area contributed by atoms with Gasteiger partial charge in [-0.2, -0.15) is 0 Å². The van der Waals surface area contributed by atoms with Crippen molar-refractivity contribution in [2.45, 2.75) is 26.8 Å². The first kappa shape index (κ1) is 21.2. The second kappa shape index (κ2) is 9.22. The summed E-state index contributed by atoms with van der Waals surface area (Å²) in [4.78, 5) is 26.5. The minimum Gasteiger partial charge on any atom is -0.325 e. The molecule has 2 aromatic rings. The molecule has 0 saturated carbocycles. The standard InChI is InChI=1S/C20H23Cl2N3O2/c1-12-7-5-9-16(13(12)2)23-18(26)11-25(4)14(3)20(27)24-17-10-6-8-15(21)19(17)22/h5-10,14H,11H2,1-4H3,(H,23,26)(H,24,27)/t14-/m0/s1. The molecule has 1 atom stereocenters. The summed E-state index contributed by atoms with van der Waals surface area (Å²) in [6, 6.07) is 10.2. The summed E-state index contributed by atoms with van der Waals surface area (Å²) in [5.74, 6) is -0.465. The number of halogens is 2. The van der Waals surface area contributed by atoms with Gasteiger partial charge in [0.15, 0.2) is 0 Å². The first-order valence-electron chi connectivity index (χ1n) is 8.52. The van der Waals surface area contributed by atoms with Gasteiger partial charge in [0.1, 0.15) is 0 Å². The van der Waals surface area contributed by atoms with Crippen molar-refractivity contribution < 1.29 is 9.59 Å². The fourth-order valence-electron chi connectivity index (χ4n) is 2.48. The lowest BCUT2D eigenvalue weighted by Gasteiger charge is -2.24. The van der Waals surface area contributed by atoms with Gasteiger partial charge in [0.25, 0.3) is 0 Å².